The van der Waals surface area contributed by atoms with Crippen molar-refractivity contribution in [1.82, 2.24) is 5.32 Å². The predicted molar refractivity (Wildman–Crippen MR) is 80.0 cm³/mol. The summed E-state index contributed by atoms with van der Waals surface area (Å²) in [5.74, 6) is 0.439. The van der Waals surface area contributed by atoms with Crippen LogP contribution in [0.3, 0.4) is 0 Å². The van der Waals surface area contributed by atoms with Crippen LogP contribution >= 0.6 is 0 Å². The summed E-state index contributed by atoms with van der Waals surface area (Å²) < 4.78 is 13.2. The van der Waals surface area contributed by atoms with Crippen LogP contribution < -0.4 is 5.32 Å². The van der Waals surface area contributed by atoms with Crippen LogP contribution in [-0.2, 0) is 0 Å². The lowest BCUT2D eigenvalue weighted by Gasteiger charge is -2.31. The van der Waals surface area contributed by atoms with Crippen molar-refractivity contribution in [3.63, 3.8) is 0 Å². The summed E-state index contributed by atoms with van der Waals surface area (Å²) in [5.41, 5.74) is 0.649. The molecule has 2 unspecified atom stereocenters. The average Bonchev–Trinajstić information content (AvgIpc) is 2.49. The standard InChI is InChI=1S/C17H26FNO/c1-2-16(13-7-4-3-5-8-13)19-12-17(20)14-9-6-10-15(18)11-14/h6,9-11,13,16-17,19-20H,2-5,7-8,12H2,1H3. The van der Waals surface area contributed by atoms with Crippen LogP contribution in [0.1, 0.15) is 57.1 Å². The van der Waals surface area contributed by atoms with Crippen molar-refractivity contribution in [2.24, 2.45) is 5.92 Å². The summed E-state index contributed by atoms with van der Waals surface area (Å²) >= 11 is 0. The minimum absolute atomic E-state index is 0.291. The lowest BCUT2D eigenvalue weighted by atomic mass is 9.83. The number of aliphatic hydroxyl groups excluding tert-OH is 1. The van der Waals surface area contributed by atoms with Crippen LogP contribution in [0.4, 0.5) is 4.39 Å². The molecule has 0 saturated heterocycles. The first-order valence-electron chi connectivity index (χ1n) is 7.87. The van der Waals surface area contributed by atoms with Gasteiger partial charge in [-0.3, -0.25) is 0 Å². The number of aliphatic hydroxyl groups is 1. The minimum atomic E-state index is -0.636. The number of halogens is 1. The van der Waals surface area contributed by atoms with Gasteiger partial charge in [-0.1, -0.05) is 38.3 Å². The zero-order valence-corrected chi connectivity index (χ0v) is 12.3. The first-order valence-corrected chi connectivity index (χ1v) is 7.87. The minimum Gasteiger partial charge on any atom is -0.387 e. The molecule has 2 rings (SSSR count). The molecular formula is C17H26FNO. The van der Waals surface area contributed by atoms with E-state index in [4.69, 9.17) is 0 Å². The largest absolute Gasteiger partial charge is 0.387 e. The second kappa shape index (κ2) is 7.75. The Kier molecular flexibility index (Phi) is 5.99. The number of hydrogen-bond acceptors (Lipinski definition) is 2. The van der Waals surface area contributed by atoms with Crippen LogP contribution in [0, 0.1) is 11.7 Å². The maximum absolute atomic E-state index is 13.2. The van der Waals surface area contributed by atoms with Crippen LogP contribution in [0.2, 0.25) is 0 Å². The highest BCUT2D eigenvalue weighted by molar-refractivity contribution is 5.19. The molecule has 1 aliphatic rings. The summed E-state index contributed by atoms with van der Waals surface area (Å²) in [6.07, 6.45) is 7.05. The van der Waals surface area contributed by atoms with E-state index in [0.717, 1.165) is 12.3 Å². The van der Waals surface area contributed by atoms with Gasteiger partial charge in [0.2, 0.25) is 0 Å². The Labute approximate surface area is 121 Å². The van der Waals surface area contributed by atoms with Crippen LogP contribution in [0.5, 0.6) is 0 Å². The predicted octanol–water partition coefficient (Wildman–Crippen LogP) is 3.81. The molecule has 0 heterocycles. The van der Waals surface area contributed by atoms with Gasteiger partial charge >= 0.3 is 0 Å². The summed E-state index contributed by atoms with van der Waals surface area (Å²) in [6.45, 7) is 2.69. The maximum Gasteiger partial charge on any atom is 0.123 e. The monoisotopic (exact) mass is 279 g/mol. The quantitative estimate of drug-likeness (QED) is 0.830. The highest BCUT2D eigenvalue weighted by atomic mass is 19.1. The molecule has 3 heteroatoms. The lowest BCUT2D eigenvalue weighted by molar-refractivity contribution is 0.157. The number of hydrogen-bond donors (Lipinski definition) is 2. The lowest BCUT2D eigenvalue weighted by Crippen LogP contribution is -2.39. The van der Waals surface area contributed by atoms with E-state index >= 15 is 0 Å². The van der Waals surface area contributed by atoms with E-state index in [1.807, 2.05) is 0 Å². The summed E-state index contributed by atoms with van der Waals surface area (Å²) in [5, 5.41) is 13.6. The normalized spacial score (nSPS) is 19.8. The first-order chi connectivity index (χ1) is 9.70. The Hall–Kier alpha value is -0.930. The Bertz CT molecular complexity index is 404. The number of rotatable bonds is 6. The molecule has 0 spiro atoms. The molecule has 2 N–H and O–H groups in total. The highest BCUT2D eigenvalue weighted by Crippen LogP contribution is 2.28. The van der Waals surface area contributed by atoms with E-state index in [1.54, 1.807) is 12.1 Å². The Balaban J connectivity index is 1.85. The zero-order valence-electron chi connectivity index (χ0n) is 12.3. The maximum atomic E-state index is 13.2. The van der Waals surface area contributed by atoms with Crippen molar-refractivity contribution < 1.29 is 9.50 Å². The molecule has 1 aromatic rings. The molecule has 20 heavy (non-hydrogen) atoms. The van der Waals surface area contributed by atoms with E-state index in [1.165, 1.54) is 44.2 Å². The summed E-state index contributed by atoms with van der Waals surface area (Å²) in [4.78, 5) is 0. The van der Waals surface area contributed by atoms with Gasteiger partial charge < -0.3 is 10.4 Å². The SMILES string of the molecule is CCC(NCC(O)c1cccc(F)c1)C1CCCCC1. The number of nitrogens with one attached hydrogen (secondary N) is 1. The Morgan fingerprint density at radius 2 is 2.05 bits per heavy atom. The molecule has 1 saturated carbocycles. The molecule has 0 aliphatic heterocycles. The smallest absolute Gasteiger partial charge is 0.123 e. The fourth-order valence-corrected chi connectivity index (χ4v) is 3.28. The van der Waals surface area contributed by atoms with Crippen molar-refractivity contribution in [3.05, 3.63) is 35.6 Å². The van der Waals surface area contributed by atoms with Crippen LogP contribution in [-0.4, -0.2) is 17.7 Å². The van der Waals surface area contributed by atoms with Gasteiger partial charge in [0.25, 0.3) is 0 Å². The van der Waals surface area contributed by atoms with Crippen LogP contribution in [0.15, 0.2) is 24.3 Å². The average molecular weight is 279 g/mol. The zero-order chi connectivity index (χ0) is 14.4. The van der Waals surface area contributed by atoms with Crippen molar-refractivity contribution >= 4 is 0 Å². The molecule has 1 aliphatic carbocycles. The van der Waals surface area contributed by atoms with Gasteiger partial charge in [-0.25, -0.2) is 4.39 Å². The first kappa shape index (κ1) is 15.5. The number of benzene rings is 1. The Morgan fingerprint density at radius 1 is 1.30 bits per heavy atom. The van der Waals surface area contributed by atoms with Crippen LogP contribution in [0.25, 0.3) is 0 Å². The fourth-order valence-electron chi connectivity index (χ4n) is 3.28. The van der Waals surface area contributed by atoms with E-state index in [2.05, 4.69) is 12.2 Å². The third-order valence-electron chi connectivity index (χ3n) is 4.47. The molecule has 0 aromatic heterocycles. The topological polar surface area (TPSA) is 32.3 Å². The third-order valence-corrected chi connectivity index (χ3v) is 4.47. The van der Waals surface area contributed by atoms with Gasteiger partial charge in [0.15, 0.2) is 0 Å². The highest BCUT2D eigenvalue weighted by Gasteiger charge is 2.22. The summed E-state index contributed by atoms with van der Waals surface area (Å²) in [7, 11) is 0. The van der Waals surface area contributed by atoms with E-state index in [0.29, 0.717) is 18.2 Å². The van der Waals surface area contributed by atoms with Gasteiger partial charge in [-0.05, 0) is 42.9 Å². The van der Waals surface area contributed by atoms with Crippen molar-refractivity contribution in [2.75, 3.05) is 6.54 Å². The van der Waals surface area contributed by atoms with Gasteiger partial charge in [0.05, 0.1) is 6.10 Å². The molecule has 1 aromatic carbocycles. The third kappa shape index (κ3) is 4.29. The summed E-state index contributed by atoms with van der Waals surface area (Å²) in [6, 6.07) is 6.70. The van der Waals surface area contributed by atoms with Gasteiger partial charge in [0, 0.05) is 12.6 Å². The van der Waals surface area contributed by atoms with E-state index in [-0.39, 0.29) is 5.82 Å². The van der Waals surface area contributed by atoms with Gasteiger partial charge in [-0.15, -0.1) is 0 Å². The van der Waals surface area contributed by atoms with E-state index < -0.39 is 6.10 Å². The van der Waals surface area contributed by atoms with Crippen molar-refractivity contribution in [3.8, 4) is 0 Å². The molecule has 0 radical (unpaired) electrons. The molecule has 2 atom stereocenters. The Morgan fingerprint density at radius 3 is 2.70 bits per heavy atom. The molecule has 0 bridgehead atoms. The van der Waals surface area contributed by atoms with Gasteiger partial charge in [0.1, 0.15) is 5.82 Å². The van der Waals surface area contributed by atoms with Crippen molar-refractivity contribution in [2.45, 2.75) is 57.6 Å². The molecular weight excluding hydrogens is 253 g/mol. The molecule has 0 amide bonds. The van der Waals surface area contributed by atoms with E-state index in [9.17, 15) is 9.50 Å². The second-order valence-corrected chi connectivity index (χ2v) is 5.89. The molecule has 2 nitrogen and oxygen atoms in total. The molecule has 112 valence electrons. The molecule has 1 fully saturated rings. The van der Waals surface area contributed by atoms with Crippen molar-refractivity contribution in [1.29, 1.82) is 0 Å². The fraction of sp³-hybridized carbons (Fsp3) is 0.647. The second-order valence-electron chi connectivity index (χ2n) is 5.89. The van der Waals surface area contributed by atoms with Gasteiger partial charge in [-0.2, -0.15) is 0 Å².